The SMILES string of the molecule is CC(C)(C)c1cc(C(C)(C)C)c2oc(C3CCOCC3)nc2c1. The van der Waals surface area contributed by atoms with Crippen molar-refractivity contribution in [1.29, 1.82) is 0 Å². The van der Waals surface area contributed by atoms with Gasteiger partial charge in [0.25, 0.3) is 0 Å². The molecule has 1 aliphatic heterocycles. The van der Waals surface area contributed by atoms with E-state index < -0.39 is 0 Å². The summed E-state index contributed by atoms with van der Waals surface area (Å²) >= 11 is 0. The molecular weight excluding hydrogens is 286 g/mol. The molecule has 0 amide bonds. The fourth-order valence-electron chi connectivity index (χ4n) is 3.16. The van der Waals surface area contributed by atoms with Crippen molar-refractivity contribution >= 4 is 11.1 Å². The van der Waals surface area contributed by atoms with Crippen molar-refractivity contribution in [1.82, 2.24) is 4.98 Å². The van der Waals surface area contributed by atoms with Gasteiger partial charge in [-0.05, 0) is 35.3 Å². The van der Waals surface area contributed by atoms with Crippen LogP contribution in [0.2, 0.25) is 0 Å². The zero-order valence-corrected chi connectivity index (χ0v) is 15.3. The Morgan fingerprint density at radius 1 is 0.957 bits per heavy atom. The number of benzene rings is 1. The maximum atomic E-state index is 6.27. The monoisotopic (exact) mass is 315 g/mol. The molecule has 1 aromatic heterocycles. The second-order valence-electron chi connectivity index (χ2n) is 8.81. The van der Waals surface area contributed by atoms with Crippen LogP contribution in [0, 0.1) is 0 Å². The first-order valence-electron chi connectivity index (χ1n) is 8.69. The van der Waals surface area contributed by atoms with Gasteiger partial charge in [-0.2, -0.15) is 0 Å². The van der Waals surface area contributed by atoms with Crippen molar-refractivity contribution < 1.29 is 9.15 Å². The third kappa shape index (κ3) is 3.30. The molecule has 3 rings (SSSR count). The molecule has 0 radical (unpaired) electrons. The van der Waals surface area contributed by atoms with E-state index in [1.165, 1.54) is 11.1 Å². The molecular formula is C20H29NO2. The number of hydrogen-bond acceptors (Lipinski definition) is 3. The number of hydrogen-bond donors (Lipinski definition) is 0. The predicted molar refractivity (Wildman–Crippen MR) is 94.2 cm³/mol. The highest BCUT2D eigenvalue weighted by Gasteiger charge is 2.27. The number of oxazole rings is 1. The van der Waals surface area contributed by atoms with E-state index in [4.69, 9.17) is 14.1 Å². The summed E-state index contributed by atoms with van der Waals surface area (Å²) in [7, 11) is 0. The lowest BCUT2D eigenvalue weighted by Gasteiger charge is -2.24. The quantitative estimate of drug-likeness (QED) is 0.714. The summed E-state index contributed by atoms with van der Waals surface area (Å²) in [5, 5.41) is 0. The van der Waals surface area contributed by atoms with Crippen LogP contribution in [-0.2, 0) is 15.6 Å². The molecule has 3 heteroatoms. The lowest BCUT2D eigenvalue weighted by molar-refractivity contribution is 0.0798. The van der Waals surface area contributed by atoms with E-state index >= 15 is 0 Å². The molecule has 0 atom stereocenters. The van der Waals surface area contributed by atoms with Crippen LogP contribution in [0.15, 0.2) is 16.5 Å². The summed E-state index contributed by atoms with van der Waals surface area (Å²) in [4.78, 5) is 4.86. The first kappa shape index (κ1) is 16.5. The minimum absolute atomic E-state index is 0.0337. The molecule has 0 saturated carbocycles. The number of ether oxygens (including phenoxy) is 1. The maximum absolute atomic E-state index is 6.27. The van der Waals surface area contributed by atoms with Gasteiger partial charge in [0, 0.05) is 24.7 Å². The van der Waals surface area contributed by atoms with Crippen molar-refractivity contribution in [2.45, 2.75) is 71.1 Å². The molecule has 126 valence electrons. The highest BCUT2D eigenvalue weighted by atomic mass is 16.5. The van der Waals surface area contributed by atoms with Gasteiger partial charge in [-0.25, -0.2) is 4.98 Å². The van der Waals surface area contributed by atoms with Crippen LogP contribution in [0.5, 0.6) is 0 Å². The Balaban J connectivity index is 2.15. The molecule has 0 aliphatic carbocycles. The summed E-state index contributed by atoms with van der Waals surface area (Å²) in [6, 6.07) is 4.51. The molecule has 1 saturated heterocycles. The molecule has 2 aromatic rings. The van der Waals surface area contributed by atoms with E-state index in [1.54, 1.807) is 0 Å². The lowest BCUT2D eigenvalue weighted by Crippen LogP contribution is -2.16. The fraction of sp³-hybridized carbons (Fsp3) is 0.650. The van der Waals surface area contributed by atoms with Crippen LogP contribution in [0.25, 0.3) is 11.1 Å². The Labute approximate surface area is 139 Å². The van der Waals surface area contributed by atoms with Gasteiger partial charge in [0.2, 0.25) is 0 Å². The number of nitrogens with zero attached hydrogens (tertiary/aromatic N) is 1. The van der Waals surface area contributed by atoms with E-state index in [0.29, 0.717) is 5.92 Å². The molecule has 0 bridgehead atoms. The molecule has 3 nitrogen and oxygen atoms in total. The molecule has 1 aromatic carbocycles. The van der Waals surface area contributed by atoms with E-state index in [0.717, 1.165) is 43.0 Å². The third-order valence-electron chi connectivity index (χ3n) is 4.75. The molecule has 0 unspecified atom stereocenters. The normalized spacial score (nSPS) is 17.8. The van der Waals surface area contributed by atoms with Crippen molar-refractivity contribution in [3.05, 3.63) is 29.2 Å². The van der Waals surface area contributed by atoms with Crippen molar-refractivity contribution in [3.63, 3.8) is 0 Å². The van der Waals surface area contributed by atoms with Crippen LogP contribution < -0.4 is 0 Å². The van der Waals surface area contributed by atoms with Crippen molar-refractivity contribution in [3.8, 4) is 0 Å². The van der Waals surface area contributed by atoms with Gasteiger partial charge < -0.3 is 9.15 Å². The van der Waals surface area contributed by atoms with Crippen molar-refractivity contribution in [2.24, 2.45) is 0 Å². The Bertz CT molecular complexity index is 695. The van der Waals surface area contributed by atoms with E-state index in [-0.39, 0.29) is 10.8 Å². The largest absolute Gasteiger partial charge is 0.440 e. The summed E-state index contributed by atoms with van der Waals surface area (Å²) in [5.74, 6) is 1.28. The zero-order chi connectivity index (χ0) is 16.8. The number of aromatic nitrogens is 1. The highest BCUT2D eigenvalue weighted by molar-refractivity contribution is 5.79. The van der Waals surface area contributed by atoms with Crippen LogP contribution in [0.4, 0.5) is 0 Å². The molecule has 0 N–H and O–H groups in total. The summed E-state index contributed by atoms with van der Waals surface area (Å²) in [6.07, 6.45) is 2.01. The molecule has 1 fully saturated rings. The Morgan fingerprint density at radius 2 is 1.61 bits per heavy atom. The Morgan fingerprint density at radius 3 is 2.17 bits per heavy atom. The first-order chi connectivity index (χ1) is 10.7. The first-order valence-corrected chi connectivity index (χ1v) is 8.69. The summed E-state index contributed by atoms with van der Waals surface area (Å²) in [5.41, 5.74) is 4.68. The van der Waals surface area contributed by atoms with Crippen LogP contribution >= 0.6 is 0 Å². The summed E-state index contributed by atoms with van der Waals surface area (Å²) in [6.45, 7) is 15.1. The minimum Gasteiger partial charge on any atom is -0.440 e. The zero-order valence-electron chi connectivity index (χ0n) is 15.3. The van der Waals surface area contributed by atoms with Crippen molar-refractivity contribution in [2.75, 3.05) is 13.2 Å². The standard InChI is InChI=1S/C20H29NO2/c1-19(2,3)14-11-15(20(4,5)6)17-16(12-14)21-18(23-17)13-7-9-22-10-8-13/h11-13H,7-10H2,1-6H3. The van der Waals surface area contributed by atoms with Crippen LogP contribution in [-0.4, -0.2) is 18.2 Å². The highest BCUT2D eigenvalue weighted by Crippen LogP contribution is 2.37. The predicted octanol–water partition coefficient (Wildman–Crippen LogP) is 5.32. The Kier molecular flexibility index (Phi) is 4.04. The fourth-order valence-corrected chi connectivity index (χ4v) is 3.16. The van der Waals surface area contributed by atoms with Gasteiger partial charge in [-0.1, -0.05) is 47.6 Å². The minimum atomic E-state index is 0.0337. The van der Waals surface area contributed by atoms with Crippen LogP contribution in [0.1, 0.15) is 77.3 Å². The van der Waals surface area contributed by atoms with Gasteiger partial charge in [0.1, 0.15) is 5.52 Å². The molecule has 1 aliphatic rings. The Hall–Kier alpha value is -1.35. The second kappa shape index (κ2) is 5.62. The summed E-state index contributed by atoms with van der Waals surface area (Å²) < 4.78 is 11.7. The van der Waals surface area contributed by atoms with E-state index in [9.17, 15) is 0 Å². The molecule has 2 heterocycles. The van der Waals surface area contributed by atoms with E-state index in [2.05, 4.69) is 53.7 Å². The average Bonchev–Trinajstić information content (AvgIpc) is 2.89. The number of rotatable bonds is 1. The lowest BCUT2D eigenvalue weighted by atomic mass is 9.80. The average molecular weight is 315 g/mol. The van der Waals surface area contributed by atoms with Gasteiger partial charge in [0.05, 0.1) is 0 Å². The smallest absolute Gasteiger partial charge is 0.198 e. The topological polar surface area (TPSA) is 35.3 Å². The van der Waals surface area contributed by atoms with Gasteiger partial charge >= 0.3 is 0 Å². The van der Waals surface area contributed by atoms with Gasteiger partial charge in [-0.3, -0.25) is 0 Å². The third-order valence-corrected chi connectivity index (χ3v) is 4.75. The molecule has 23 heavy (non-hydrogen) atoms. The van der Waals surface area contributed by atoms with E-state index in [1.807, 2.05) is 0 Å². The van der Waals surface area contributed by atoms with Crippen LogP contribution in [0.3, 0.4) is 0 Å². The maximum Gasteiger partial charge on any atom is 0.198 e. The van der Waals surface area contributed by atoms with Gasteiger partial charge in [0.15, 0.2) is 11.5 Å². The second-order valence-corrected chi connectivity index (χ2v) is 8.81. The molecule has 0 spiro atoms. The van der Waals surface area contributed by atoms with Gasteiger partial charge in [-0.15, -0.1) is 0 Å². The number of fused-ring (bicyclic) bond motifs is 1.